The zero-order chi connectivity index (χ0) is 18.5. The van der Waals surface area contributed by atoms with Crippen LogP contribution in [0.25, 0.3) is 0 Å². The van der Waals surface area contributed by atoms with Gasteiger partial charge in [0.25, 0.3) is 5.76 Å². The largest absolute Gasteiger partial charge is 0.486 e. The van der Waals surface area contributed by atoms with Crippen molar-refractivity contribution in [3.8, 4) is 11.5 Å². The molecule has 0 saturated heterocycles. The van der Waals surface area contributed by atoms with E-state index in [0.29, 0.717) is 36.5 Å². The molecule has 3 rings (SSSR count). The Labute approximate surface area is 162 Å². The summed E-state index contributed by atoms with van der Waals surface area (Å²) >= 11 is 7.58. The number of nitrogens with one attached hydrogen (secondary N) is 1. The van der Waals surface area contributed by atoms with Crippen LogP contribution in [0.4, 0.5) is 14.5 Å². The monoisotopic (exact) mass is 417 g/mol. The van der Waals surface area contributed by atoms with Crippen molar-refractivity contribution >= 4 is 46.7 Å². The summed E-state index contributed by atoms with van der Waals surface area (Å²) < 4.78 is 36.3. The molecule has 0 fully saturated rings. The molecule has 4 nitrogen and oxygen atoms in total. The van der Waals surface area contributed by atoms with Crippen molar-refractivity contribution in [3.63, 3.8) is 0 Å². The van der Waals surface area contributed by atoms with E-state index in [0.717, 1.165) is 4.90 Å². The van der Waals surface area contributed by atoms with Gasteiger partial charge in [0.05, 0.1) is 21.4 Å². The van der Waals surface area contributed by atoms with Crippen LogP contribution < -0.4 is 14.8 Å². The Morgan fingerprint density at radius 3 is 2.73 bits per heavy atom. The second-order valence-corrected chi connectivity index (χ2v) is 7.59. The highest BCUT2D eigenvalue weighted by Crippen LogP contribution is 2.38. The molecule has 26 heavy (non-hydrogen) atoms. The second-order valence-electron chi connectivity index (χ2n) is 5.14. The molecule has 9 heteroatoms. The lowest BCUT2D eigenvalue weighted by Gasteiger charge is -2.18. The number of halogens is 3. The van der Waals surface area contributed by atoms with Crippen LogP contribution in [0.5, 0.6) is 11.5 Å². The van der Waals surface area contributed by atoms with Crippen molar-refractivity contribution in [2.45, 2.75) is 15.5 Å². The highest BCUT2D eigenvalue weighted by molar-refractivity contribution is 8.00. The quantitative estimate of drug-likeness (QED) is 0.658. The van der Waals surface area contributed by atoms with Crippen LogP contribution >= 0.6 is 35.1 Å². The third-order valence-electron chi connectivity index (χ3n) is 3.33. The van der Waals surface area contributed by atoms with Crippen LogP contribution in [0.2, 0.25) is 5.02 Å². The number of carbonyl (C=O) groups is 1. The van der Waals surface area contributed by atoms with Crippen LogP contribution in [0.15, 0.2) is 46.2 Å². The molecule has 0 aromatic heterocycles. The molecule has 1 N–H and O–H groups in total. The van der Waals surface area contributed by atoms with Crippen LogP contribution in [-0.2, 0) is 4.79 Å². The molecule has 0 radical (unpaired) electrons. The number of amides is 1. The highest BCUT2D eigenvalue weighted by atomic mass is 35.5. The smallest absolute Gasteiger partial charge is 0.289 e. The number of anilines is 1. The van der Waals surface area contributed by atoms with Crippen molar-refractivity contribution < 1.29 is 23.0 Å². The maximum Gasteiger partial charge on any atom is 0.289 e. The van der Waals surface area contributed by atoms with E-state index in [1.54, 1.807) is 18.2 Å². The molecule has 1 amide bonds. The molecular weight excluding hydrogens is 404 g/mol. The highest BCUT2D eigenvalue weighted by Gasteiger charge is 2.16. The van der Waals surface area contributed by atoms with Crippen LogP contribution in [0.1, 0.15) is 0 Å². The minimum absolute atomic E-state index is 0.116. The number of hydrogen-bond donors (Lipinski definition) is 1. The van der Waals surface area contributed by atoms with Crippen LogP contribution in [-0.4, -0.2) is 30.6 Å². The predicted molar refractivity (Wildman–Crippen MR) is 100 cm³/mol. The zero-order valence-corrected chi connectivity index (χ0v) is 15.7. The van der Waals surface area contributed by atoms with Crippen molar-refractivity contribution in [1.82, 2.24) is 0 Å². The van der Waals surface area contributed by atoms with Gasteiger partial charge in [0.2, 0.25) is 5.91 Å². The Balaban J connectivity index is 1.62. The van der Waals surface area contributed by atoms with Crippen molar-refractivity contribution in [2.24, 2.45) is 0 Å². The lowest BCUT2D eigenvalue weighted by atomic mass is 10.3. The van der Waals surface area contributed by atoms with Gasteiger partial charge in [0, 0.05) is 4.90 Å². The fourth-order valence-electron chi connectivity index (χ4n) is 2.26. The van der Waals surface area contributed by atoms with E-state index < -0.39 is 5.76 Å². The summed E-state index contributed by atoms with van der Waals surface area (Å²) in [6.45, 7) is 1.00. The van der Waals surface area contributed by atoms with Crippen LogP contribution in [0.3, 0.4) is 0 Å². The lowest BCUT2D eigenvalue weighted by molar-refractivity contribution is -0.113. The number of hydrogen-bond acceptors (Lipinski definition) is 5. The summed E-state index contributed by atoms with van der Waals surface area (Å²) in [5.74, 6) is -1.50. The number of benzene rings is 2. The van der Waals surface area contributed by atoms with E-state index in [4.69, 9.17) is 21.1 Å². The summed E-state index contributed by atoms with van der Waals surface area (Å²) in [6.07, 6.45) is 0. The van der Waals surface area contributed by atoms with E-state index in [1.165, 1.54) is 17.8 Å². The molecule has 2 aromatic carbocycles. The normalized spacial score (nSPS) is 12.9. The molecule has 0 atom stereocenters. The first-order valence-corrected chi connectivity index (χ1v) is 9.83. The lowest BCUT2D eigenvalue weighted by Crippen LogP contribution is -2.16. The number of thioether (sulfide) groups is 2. The third-order valence-corrected chi connectivity index (χ3v) is 5.61. The van der Waals surface area contributed by atoms with Crippen molar-refractivity contribution in [2.75, 3.05) is 24.3 Å². The van der Waals surface area contributed by atoms with Gasteiger partial charge >= 0.3 is 0 Å². The van der Waals surface area contributed by atoms with Gasteiger partial charge in [0.15, 0.2) is 11.5 Å². The summed E-state index contributed by atoms with van der Waals surface area (Å²) in [5.41, 5.74) is 0.274. The Bertz CT molecular complexity index is 808. The van der Waals surface area contributed by atoms with Gasteiger partial charge in [-0.05, 0) is 30.3 Å². The Morgan fingerprint density at radius 2 is 1.96 bits per heavy atom. The third kappa shape index (κ3) is 4.96. The molecule has 138 valence electrons. The van der Waals surface area contributed by atoms with Gasteiger partial charge < -0.3 is 14.8 Å². The first-order chi connectivity index (χ1) is 12.5. The van der Waals surface area contributed by atoms with E-state index in [2.05, 4.69) is 5.32 Å². The Kier molecular flexibility index (Phi) is 6.50. The summed E-state index contributed by atoms with van der Waals surface area (Å²) in [7, 11) is 0. The number of rotatable bonds is 6. The average molecular weight is 418 g/mol. The minimum Gasteiger partial charge on any atom is -0.486 e. The van der Waals surface area contributed by atoms with Gasteiger partial charge in [-0.25, -0.2) is 0 Å². The van der Waals surface area contributed by atoms with Gasteiger partial charge in [-0.15, -0.1) is 11.8 Å². The molecule has 2 aromatic rings. The van der Waals surface area contributed by atoms with Gasteiger partial charge in [-0.1, -0.05) is 29.4 Å². The maximum absolute atomic E-state index is 12.7. The molecule has 0 bridgehead atoms. The van der Waals surface area contributed by atoms with Crippen molar-refractivity contribution in [3.05, 3.63) is 41.4 Å². The number of carbonyl (C=O) groups excluding carboxylic acids is 1. The summed E-state index contributed by atoms with van der Waals surface area (Å²) in [6, 6.07) is 10.1. The molecule has 0 aliphatic carbocycles. The van der Waals surface area contributed by atoms with E-state index >= 15 is 0 Å². The minimum atomic E-state index is -2.63. The molecule has 1 heterocycles. The summed E-state index contributed by atoms with van der Waals surface area (Å²) in [5, 5.41) is 2.81. The zero-order valence-electron chi connectivity index (χ0n) is 13.3. The first-order valence-electron chi connectivity index (χ1n) is 7.58. The molecule has 0 unspecified atom stereocenters. The van der Waals surface area contributed by atoms with Crippen LogP contribution in [0, 0.1) is 0 Å². The van der Waals surface area contributed by atoms with E-state index in [1.807, 2.05) is 12.1 Å². The van der Waals surface area contributed by atoms with Gasteiger partial charge in [-0.3, -0.25) is 4.79 Å². The number of fused-ring (bicyclic) bond motifs is 1. The topological polar surface area (TPSA) is 47.6 Å². The second kappa shape index (κ2) is 8.83. The van der Waals surface area contributed by atoms with Gasteiger partial charge in [-0.2, -0.15) is 8.78 Å². The molecule has 1 aliphatic rings. The SMILES string of the molecule is O=C(CSc1ccc2c(c1)OCCO2)Nc1cccc(Cl)c1SC(F)F. The van der Waals surface area contributed by atoms with E-state index in [-0.39, 0.29) is 27.3 Å². The molecular formula is C17H14ClF2NO3S2. The Morgan fingerprint density at radius 1 is 1.19 bits per heavy atom. The standard InChI is InChI=1S/C17H14ClF2NO3S2/c18-11-2-1-3-12(16(11)26-17(19)20)21-15(22)9-25-10-4-5-13-14(8-10)24-7-6-23-13/h1-5,8,17H,6-7,9H2,(H,21,22). The Hall–Kier alpha value is -1.64. The first kappa shape index (κ1) is 19.1. The average Bonchev–Trinajstić information content (AvgIpc) is 2.62. The molecule has 0 spiro atoms. The maximum atomic E-state index is 12.7. The van der Waals surface area contributed by atoms with E-state index in [9.17, 15) is 13.6 Å². The fourth-order valence-corrected chi connectivity index (χ4v) is 3.90. The predicted octanol–water partition coefficient (Wildman–Crippen LogP) is 5.16. The summed E-state index contributed by atoms with van der Waals surface area (Å²) in [4.78, 5) is 13.2. The fraction of sp³-hybridized carbons (Fsp3) is 0.235. The molecule has 0 saturated carbocycles. The van der Waals surface area contributed by atoms with Crippen molar-refractivity contribution in [1.29, 1.82) is 0 Å². The molecule has 1 aliphatic heterocycles. The number of alkyl halides is 2. The number of ether oxygens (including phenoxy) is 2. The van der Waals surface area contributed by atoms with Gasteiger partial charge in [0.1, 0.15) is 13.2 Å².